The third-order valence-corrected chi connectivity index (χ3v) is 3.31. The van der Waals surface area contributed by atoms with Gasteiger partial charge in [0, 0.05) is 30.9 Å². The van der Waals surface area contributed by atoms with Crippen LogP contribution in [0.15, 0.2) is 18.2 Å². The van der Waals surface area contributed by atoms with E-state index in [0.717, 1.165) is 29.9 Å². The van der Waals surface area contributed by atoms with Gasteiger partial charge < -0.3 is 15.5 Å². The lowest BCUT2D eigenvalue weighted by Crippen LogP contribution is -2.32. The summed E-state index contributed by atoms with van der Waals surface area (Å²) in [5.41, 5.74) is 2.84. The largest absolute Gasteiger partial charge is 0.325 e. The second-order valence-electron chi connectivity index (χ2n) is 5.35. The molecule has 0 spiro atoms. The number of hydrogen-bond acceptors (Lipinski definition) is 3. The predicted molar refractivity (Wildman–Crippen MR) is 79.9 cm³/mol. The van der Waals surface area contributed by atoms with E-state index in [4.69, 9.17) is 0 Å². The van der Waals surface area contributed by atoms with E-state index < -0.39 is 0 Å². The Morgan fingerprint density at radius 1 is 1.35 bits per heavy atom. The lowest BCUT2D eigenvalue weighted by Gasteiger charge is -2.15. The fourth-order valence-electron chi connectivity index (χ4n) is 2.31. The Bertz CT molecular complexity index is 526. The number of benzene rings is 1. The molecule has 1 aromatic carbocycles. The van der Waals surface area contributed by atoms with Gasteiger partial charge in [-0.1, -0.05) is 13.8 Å². The van der Waals surface area contributed by atoms with Gasteiger partial charge in [-0.15, -0.1) is 0 Å². The summed E-state index contributed by atoms with van der Waals surface area (Å²) in [5.74, 6) is 0.00161. The van der Waals surface area contributed by atoms with E-state index in [1.807, 2.05) is 32.0 Å². The Hall–Kier alpha value is -1.88. The van der Waals surface area contributed by atoms with Crippen molar-refractivity contribution in [3.05, 3.63) is 23.8 Å². The first-order valence-corrected chi connectivity index (χ1v) is 6.91. The highest BCUT2D eigenvalue weighted by molar-refractivity contribution is 5.96. The van der Waals surface area contributed by atoms with Gasteiger partial charge in [-0.05, 0) is 30.2 Å². The number of rotatable bonds is 4. The van der Waals surface area contributed by atoms with Gasteiger partial charge in [-0.2, -0.15) is 0 Å². The van der Waals surface area contributed by atoms with Crippen LogP contribution in [0.3, 0.4) is 0 Å². The number of fused-ring (bicyclic) bond motifs is 1. The van der Waals surface area contributed by atoms with Crippen molar-refractivity contribution in [1.29, 1.82) is 0 Å². The Balaban J connectivity index is 2.02. The van der Waals surface area contributed by atoms with Gasteiger partial charge in [0.15, 0.2) is 0 Å². The molecule has 0 aliphatic carbocycles. The second-order valence-corrected chi connectivity index (χ2v) is 5.35. The van der Waals surface area contributed by atoms with Gasteiger partial charge in [-0.25, -0.2) is 0 Å². The smallest absolute Gasteiger partial charge is 0.238 e. The minimum absolute atomic E-state index is 0.0555. The average molecular weight is 275 g/mol. The number of carbonyl (C=O) groups is 2. The fraction of sp³-hybridized carbons (Fsp3) is 0.467. The molecule has 0 bridgehead atoms. The predicted octanol–water partition coefficient (Wildman–Crippen LogP) is 1.53. The molecule has 0 unspecified atom stereocenters. The molecule has 0 aromatic heterocycles. The quantitative estimate of drug-likeness (QED) is 0.876. The first kappa shape index (κ1) is 14.5. The van der Waals surface area contributed by atoms with Gasteiger partial charge in [0.25, 0.3) is 0 Å². The lowest BCUT2D eigenvalue weighted by atomic mass is 10.1. The number of nitrogens with one attached hydrogen (secondary N) is 2. The van der Waals surface area contributed by atoms with Gasteiger partial charge in [0.05, 0.1) is 6.54 Å². The van der Waals surface area contributed by atoms with Gasteiger partial charge >= 0.3 is 0 Å². The zero-order chi connectivity index (χ0) is 14.7. The summed E-state index contributed by atoms with van der Waals surface area (Å²) in [6.45, 7) is 6.59. The molecule has 0 saturated carbocycles. The third-order valence-electron chi connectivity index (χ3n) is 3.31. The zero-order valence-corrected chi connectivity index (χ0v) is 12.2. The second kappa shape index (κ2) is 6.05. The van der Waals surface area contributed by atoms with Gasteiger partial charge in [0.2, 0.25) is 11.8 Å². The zero-order valence-electron chi connectivity index (χ0n) is 12.2. The van der Waals surface area contributed by atoms with E-state index in [-0.39, 0.29) is 17.9 Å². The molecular weight excluding hydrogens is 254 g/mol. The van der Waals surface area contributed by atoms with Crippen LogP contribution in [0, 0.1) is 0 Å². The van der Waals surface area contributed by atoms with E-state index in [9.17, 15) is 9.59 Å². The Morgan fingerprint density at radius 2 is 2.10 bits per heavy atom. The van der Waals surface area contributed by atoms with Crippen LogP contribution in [0.1, 0.15) is 26.3 Å². The van der Waals surface area contributed by atoms with Crippen molar-refractivity contribution in [2.45, 2.75) is 33.2 Å². The summed E-state index contributed by atoms with van der Waals surface area (Å²) in [4.78, 5) is 25.0. The highest BCUT2D eigenvalue weighted by Crippen LogP contribution is 2.30. The molecule has 5 nitrogen and oxygen atoms in total. The minimum atomic E-state index is -0.0555. The molecule has 2 rings (SSSR count). The first-order chi connectivity index (χ1) is 9.47. The molecule has 0 radical (unpaired) electrons. The molecule has 2 amide bonds. The van der Waals surface area contributed by atoms with Crippen LogP contribution in [-0.2, 0) is 16.0 Å². The maximum Gasteiger partial charge on any atom is 0.238 e. The first-order valence-electron chi connectivity index (χ1n) is 6.91. The molecule has 0 fully saturated rings. The number of hydrogen-bond donors (Lipinski definition) is 2. The summed E-state index contributed by atoms with van der Waals surface area (Å²) >= 11 is 0. The van der Waals surface area contributed by atoms with Crippen molar-refractivity contribution < 1.29 is 9.59 Å². The Kier molecular flexibility index (Phi) is 4.39. The topological polar surface area (TPSA) is 61.4 Å². The van der Waals surface area contributed by atoms with E-state index in [2.05, 4.69) is 10.6 Å². The van der Waals surface area contributed by atoms with Crippen molar-refractivity contribution in [2.75, 3.05) is 23.3 Å². The molecule has 2 N–H and O–H groups in total. The van der Waals surface area contributed by atoms with Crippen molar-refractivity contribution in [2.24, 2.45) is 0 Å². The number of anilines is 2. The van der Waals surface area contributed by atoms with Crippen molar-refractivity contribution in [3.63, 3.8) is 0 Å². The summed E-state index contributed by atoms with van der Waals surface area (Å²) < 4.78 is 0. The molecule has 0 saturated heterocycles. The normalized spacial score (nSPS) is 13.5. The summed E-state index contributed by atoms with van der Waals surface area (Å²) in [6.07, 6.45) is 0.836. The molecule has 1 aliphatic heterocycles. The van der Waals surface area contributed by atoms with Crippen LogP contribution in [-0.4, -0.2) is 30.9 Å². The molecule has 20 heavy (non-hydrogen) atoms. The van der Waals surface area contributed by atoms with E-state index in [1.54, 1.807) is 11.8 Å². The maximum absolute atomic E-state index is 11.8. The Labute approximate surface area is 119 Å². The number of amides is 2. The molecule has 5 heteroatoms. The van der Waals surface area contributed by atoms with Crippen molar-refractivity contribution in [1.82, 2.24) is 5.32 Å². The van der Waals surface area contributed by atoms with Crippen LogP contribution in [0.4, 0.5) is 11.4 Å². The van der Waals surface area contributed by atoms with Crippen LogP contribution in [0.2, 0.25) is 0 Å². The highest BCUT2D eigenvalue weighted by Gasteiger charge is 2.22. The van der Waals surface area contributed by atoms with Crippen molar-refractivity contribution in [3.8, 4) is 0 Å². The molecule has 0 atom stereocenters. The van der Waals surface area contributed by atoms with Gasteiger partial charge in [0.1, 0.15) is 0 Å². The third kappa shape index (κ3) is 3.36. The fourth-order valence-corrected chi connectivity index (χ4v) is 2.31. The highest BCUT2D eigenvalue weighted by atomic mass is 16.2. The number of nitrogens with zero attached hydrogens (tertiary/aromatic N) is 1. The lowest BCUT2D eigenvalue weighted by molar-refractivity contribution is -0.116. The summed E-state index contributed by atoms with van der Waals surface area (Å²) in [6, 6.07) is 5.97. The molecule has 1 heterocycles. The maximum atomic E-state index is 11.8. The molecule has 1 aliphatic rings. The standard InChI is InChI=1S/C15H21N3O2/c1-10(2)16-9-15(20)17-13-4-5-14-12(8-13)6-7-18(14)11(3)19/h4-5,8,10,16H,6-7,9H2,1-3H3,(H,17,20). The molecular formula is C15H21N3O2. The molecule has 1 aromatic rings. The van der Waals surface area contributed by atoms with Crippen LogP contribution >= 0.6 is 0 Å². The Morgan fingerprint density at radius 3 is 2.75 bits per heavy atom. The van der Waals surface area contributed by atoms with E-state index in [1.165, 1.54) is 0 Å². The van der Waals surface area contributed by atoms with E-state index >= 15 is 0 Å². The summed E-state index contributed by atoms with van der Waals surface area (Å²) in [7, 11) is 0. The van der Waals surface area contributed by atoms with Crippen LogP contribution in [0.5, 0.6) is 0 Å². The van der Waals surface area contributed by atoms with Crippen molar-refractivity contribution >= 4 is 23.2 Å². The summed E-state index contributed by atoms with van der Waals surface area (Å²) in [5, 5.41) is 5.94. The molecule has 108 valence electrons. The SMILES string of the molecule is CC(=O)N1CCc2cc(NC(=O)CNC(C)C)ccc21. The van der Waals surface area contributed by atoms with E-state index in [0.29, 0.717) is 6.54 Å². The number of carbonyl (C=O) groups excluding carboxylic acids is 2. The monoisotopic (exact) mass is 275 g/mol. The van der Waals surface area contributed by atoms with Gasteiger partial charge in [-0.3, -0.25) is 9.59 Å². The van der Waals surface area contributed by atoms with Crippen LogP contribution in [0.25, 0.3) is 0 Å². The average Bonchev–Trinajstić information content (AvgIpc) is 2.79. The minimum Gasteiger partial charge on any atom is -0.325 e. The van der Waals surface area contributed by atoms with Crippen LogP contribution < -0.4 is 15.5 Å².